The molecule has 0 radical (unpaired) electrons. The number of benzene rings is 1. The SMILES string of the molecule is CCn1c(CN2CCCC(C(C)O)C2)nc2cc(F)ccc21. The molecule has 22 heavy (non-hydrogen) atoms. The molecule has 2 atom stereocenters. The minimum Gasteiger partial charge on any atom is -0.393 e. The van der Waals surface area contributed by atoms with Gasteiger partial charge in [0, 0.05) is 19.2 Å². The predicted octanol–water partition coefficient (Wildman–Crippen LogP) is 2.79. The molecule has 2 unspecified atom stereocenters. The molecule has 0 saturated carbocycles. The molecule has 2 heterocycles. The van der Waals surface area contributed by atoms with E-state index in [1.807, 2.05) is 6.92 Å². The summed E-state index contributed by atoms with van der Waals surface area (Å²) in [5.74, 6) is 1.08. The lowest BCUT2D eigenvalue weighted by atomic mass is 9.93. The second-order valence-electron chi connectivity index (χ2n) is 6.28. The lowest BCUT2D eigenvalue weighted by molar-refractivity contribution is 0.0585. The number of aliphatic hydroxyl groups excluding tert-OH is 1. The highest BCUT2D eigenvalue weighted by atomic mass is 19.1. The topological polar surface area (TPSA) is 41.3 Å². The first-order valence-electron chi connectivity index (χ1n) is 8.13. The zero-order valence-electron chi connectivity index (χ0n) is 13.3. The van der Waals surface area contributed by atoms with Crippen LogP contribution in [0.2, 0.25) is 0 Å². The van der Waals surface area contributed by atoms with Crippen molar-refractivity contribution in [1.82, 2.24) is 14.5 Å². The molecule has 120 valence electrons. The molecule has 1 fully saturated rings. The van der Waals surface area contributed by atoms with Crippen LogP contribution in [0.3, 0.4) is 0 Å². The van der Waals surface area contributed by atoms with Crippen molar-refractivity contribution in [3.63, 3.8) is 0 Å². The molecule has 5 heteroatoms. The largest absolute Gasteiger partial charge is 0.393 e. The molecule has 0 aliphatic carbocycles. The molecular formula is C17H24FN3O. The summed E-state index contributed by atoms with van der Waals surface area (Å²) in [6.45, 7) is 7.48. The Morgan fingerprint density at radius 1 is 1.45 bits per heavy atom. The number of piperidine rings is 1. The van der Waals surface area contributed by atoms with E-state index >= 15 is 0 Å². The van der Waals surface area contributed by atoms with Crippen LogP contribution in [0.5, 0.6) is 0 Å². The minimum atomic E-state index is -0.262. The van der Waals surface area contributed by atoms with Crippen LogP contribution in [0.25, 0.3) is 11.0 Å². The van der Waals surface area contributed by atoms with Crippen LogP contribution in [0.1, 0.15) is 32.5 Å². The van der Waals surface area contributed by atoms with E-state index in [9.17, 15) is 9.50 Å². The first-order chi connectivity index (χ1) is 10.6. The summed E-state index contributed by atoms with van der Waals surface area (Å²) >= 11 is 0. The first kappa shape index (κ1) is 15.4. The van der Waals surface area contributed by atoms with E-state index in [0.29, 0.717) is 5.92 Å². The molecule has 1 aliphatic heterocycles. The van der Waals surface area contributed by atoms with Crippen LogP contribution >= 0.6 is 0 Å². The molecule has 3 rings (SSSR count). The quantitative estimate of drug-likeness (QED) is 0.944. The standard InChI is InChI=1S/C17H24FN3O/c1-3-21-16-7-6-14(18)9-15(16)19-17(21)11-20-8-4-5-13(10-20)12(2)22/h6-7,9,12-13,22H,3-5,8,10-11H2,1-2H3. The normalized spacial score (nSPS) is 21.4. The fourth-order valence-electron chi connectivity index (χ4n) is 3.46. The molecule has 1 N–H and O–H groups in total. The highest BCUT2D eigenvalue weighted by Crippen LogP contribution is 2.23. The fourth-order valence-corrected chi connectivity index (χ4v) is 3.46. The number of nitrogens with zero attached hydrogens (tertiary/aromatic N) is 3. The maximum atomic E-state index is 13.4. The number of hydrogen-bond donors (Lipinski definition) is 1. The third-order valence-electron chi connectivity index (χ3n) is 4.69. The van der Waals surface area contributed by atoms with Crippen LogP contribution in [-0.4, -0.2) is 38.8 Å². The Balaban J connectivity index is 1.84. The van der Waals surface area contributed by atoms with Crippen molar-refractivity contribution >= 4 is 11.0 Å². The van der Waals surface area contributed by atoms with Crippen LogP contribution in [0, 0.1) is 11.7 Å². The van der Waals surface area contributed by atoms with Crippen LogP contribution in [0.15, 0.2) is 18.2 Å². The number of likely N-dealkylation sites (tertiary alicyclic amines) is 1. The van der Waals surface area contributed by atoms with E-state index in [1.54, 1.807) is 6.07 Å². The summed E-state index contributed by atoms with van der Waals surface area (Å²) in [7, 11) is 0. The maximum absolute atomic E-state index is 13.4. The molecule has 1 aliphatic rings. The van der Waals surface area contributed by atoms with Gasteiger partial charge in [-0.2, -0.15) is 0 Å². The zero-order valence-corrected chi connectivity index (χ0v) is 13.3. The van der Waals surface area contributed by atoms with Gasteiger partial charge in [0.2, 0.25) is 0 Å². The van der Waals surface area contributed by atoms with Gasteiger partial charge in [-0.25, -0.2) is 9.37 Å². The minimum absolute atomic E-state index is 0.244. The van der Waals surface area contributed by atoms with Gasteiger partial charge in [-0.05, 0) is 51.3 Å². The van der Waals surface area contributed by atoms with Gasteiger partial charge in [0.05, 0.1) is 23.7 Å². The van der Waals surface area contributed by atoms with Crippen LogP contribution in [0.4, 0.5) is 4.39 Å². The van der Waals surface area contributed by atoms with Crippen molar-refractivity contribution in [2.24, 2.45) is 5.92 Å². The van der Waals surface area contributed by atoms with E-state index in [0.717, 1.165) is 55.9 Å². The summed E-state index contributed by atoms with van der Waals surface area (Å²) in [6.07, 6.45) is 1.93. The summed E-state index contributed by atoms with van der Waals surface area (Å²) in [5.41, 5.74) is 1.71. The van der Waals surface area contributed by atoms with Gasteiger partial charge >= 0.3 is 0 Å². The Labute approximate surface area is 130 Å². The Hall–Kier alpha value is -1.46. The molecule has 0 bridgehead atoms. The average Bonchev–Trinajstić information content (AvgIpc) is 2.83. The molecule has 2 aromatic rings. The average molecular weight is 305 g/mol. The number of aliphatic hydroxyl groups is 1. The molecule has 1 aromatic carbocycles. The van der Waals surface area contributed by atoms with Crippen LogP contribution < -0.4 is 0 Å². The second-order valence-corrected chi connectivity index (χ2v) is 6.28. The zero-order chi connectivity index (χ0) is 15.7. The summed E-state index contributed by atoms with van der Waals surface area (Å²) in [5, 5.41) is 9.82. The Morgan fingerprint density at radius 3 is 3.00 bits per heavy atom. The monoisotopic (exact) mass is 305 g/mol. The number of aryl methyl sites for hydroxylation is 1. The van der Waals surface area contributed by atoms with Crippen molar-refractivity contribution in [2.75, 3.05) is 13.1 Å². The van der Waals surface area contributed by atoms with E-state index in [4.69, 9.17) is 0 Å². The number of aromatic nitrogens is 2. The van der Waals surface area contributed by atoms with Crippen LogP contribution in [-0.2, 0) is 13.1 Å². The number of fused-ring (bicyclic) bond motifs is 1. The molecule has 1 saturated heterocycles. The highest BCUT2D eigenvalue weighted by molar-refractivity contribution is 5.76. The number of halogens is 1. The third-order valence-corrected chi connectivity index (χ3v) is 4.69. The number of imidazole rings is 1. The van der Waals surface area contributed by atoms with Gasteiger partial charge in [0.15, 0.2) is 0 Å². The third kappa shape index (κ3) is 3.01. The smallest absolute Gasteiger partial charge is 0.125 e. The summed E-state index contributed by atoms with van der Waals surface area (Å²) in [4.78, 5) is 6.98. The van der Waals surface area contributed by atoms with Crippen molar-refractivity contribution in [3.05, 3.63) is 29.8 Å². The molecule has 4 nitrogen and oxygen atoms in total. The van der Waals surface area contributed by atoms with E-state index in [2.05, 4.69) is 21.4 Å². The Morgan fingerprint density at radius 2 is 2.27 bits per heavy atom. The van der Waals surface area contributed by atoms with Crippen molar-refractivity contribution in [1.29, 1.82) is 0 Å². The van der Waals surface area contributed by atoms with Gasteiger partial charge in [-0.15, -0.1) is 0 Å². The van der Waals surface area contributed by atoms with E-state index < -0.39 is 0 Å². The molecule has 1 aromatic heterocycles. The van der Waals surface area contributed by atoms with Crippen molar-refractivity contribution < 1.29 is 9.50 Å². The number of hydrogen-bond acceptors (Lipinski definition) is 3. The fraction of sp³-hybridized carbons (Fsp3) is 0.588. The lowest BCUT2D eigenvalue weighted by Crippen LogP contribution is -2.39. The summed E-state index contributed by atoms with van der Waals surface area (Å²) < 4.78 is 15.5. The molecular weight excluding hydrogens is 281 g/mol. The Bertz CT molecular complexity index is 653. The molecule has 0 amide bonds. The van der Waals surface area contributed by atoms with E-state index in [-0.39, 0.29) is 11.9 Å². The highest BCUT2D eigenvalue weighted by Gasteiger charge is 2.24. The number of rotatable bonds is 4. The van der Waals surface area contributed by atoms with Gasteiger partial charge in [0.1, 0.15) is 11.6 Å². The van der Waals surface area contributed by atoms with Gasteiger partial charge in [0.25, 0.3) is 0 Å². The van der Waals surface area contributed by atoms with Crippen molar-refractivity contribution in [2.45, 2.75) is 45.9 Å². The maximum Gasteiger partial charge on any atom is 0.125 e. The van der Waals surface area contributed by atoms with Gasteiger partial charge in [-0.3, -0.25) is 4.90 Å². The van der Waals surface area contributed by atoms with Crippen molar-refractivity contribution in [3.8, 4) is 0 Å². The van der Waals surface area contributed by atoms with Gasteiger partial charge in [-0.1, -0.05) is 0 Å². The summed E-state index contributed by atoms with van der Waals surface area (Å²) in [6, 6.07) is 4.80. The Kier molecular flexibility index (Phi) is 4.45. The predicted molar refractivity (Wildman–Crippen MR) is 85.0 cm³/mol. The first-order valence-corrected chi connectivity index (χ1v) is 8.13. The lowest BCUT2D eigenvalue weighted by Gasteiger charge is -2.33. The molecule has 0 spiro atoms. The van der Waals surface area contributed by atoms with E-state index in [1.165, 1.54) is 12.1 Å². The van der Waals surface area contributed by atoms with Gasteiger partial charge < -0.3 is 9.67 Å². The second kappa shape index (κ2) is 6.34.